The lowest BCUT2D eigenvalue weighted by atomic mass is 9.84. The molecule has 141 heavy (non-hydrogen) atoms. The van der Waals surface area contributed by atoms with Crippen molar-refractivity contribution in [1.29, 1.82) is 0 Å². The highest BCUT2D eigenvalue weighted by atomic mass is 16.3. The maximum absolute atomic E-state index is 9.47. The van der Waals surface area contributed by atoms with Crippen LogP contribution < -0.4 is 0 Å². The highest BCUT2D eigenvalue weighted by molar-refractivity contribution is 6.30. The molecule has 3 nitrogen and oxygen atoms in total. The SMILES string of the molecule is [2H]c1c([2H])c([2H])c2c(-c3ccc4oc5c6ccccc6ccc5c4c3)c3c([2H])c([2H])c([2H])c([2H])c3c(-c3ccc4ccc5ccccc5c4c3)c2c1[2H].[2H]c1c([2H])c([2H])c2c(-c3ccc4oc5c6ccccc6ccc5c4c3)c3c([2H])c([2H])c([2H])c([2H])c3c(-c3cccc(-c4cccc5c4ccc4ccccc45)c3)c2c1[2H].[2H]c1c([2H])c([2H])c2c(-c3cccc4ccc5ccccc5c34)c3c([2H])c([2H])c([2H])c([2H])c3c(-c3ccc4oc5c6ccccc6ccc5c4c3)c2c1[2H]. The number of benzene rings is 28. The molecule has 31 aromatic rings. The summed E-state index contributed by atoms with van der Waals surface area (Å²) in [4.78, 5) is 0. The van der Waals surface area contributed by atoms with E-state index in [9.17, 15) is 16.4 Å². The van der Waals surface area contributed by atoms with Gasteiger partial charge in [-0.15, -0.1) is 0 Å². The number of fused-ring (bicyclic) bond motifs is 30. The van der Waals surface area contributed by atoms with Crippen LogP contribution in [0.2, 0.25) is 0 Å². The fourth-order valence-electron chi connectivity index (χ4n) is 22.1. The third-order valence-electron chi connectivity index (χ3n) is 28.4. The standard InChI is InChI=1S/C50H30O.2C44H26O/c1-3-15-36-31(11-1)23-26-40-37(21-10-22-39(36)40)33-13-9-14-34(29-33)48-41-17-5-7-19-43(41)49(44-20-8-6-18-42(44)48)35-25-28-47-46(30-35)45-27-24-32-12-2-4-16-38(32)50(45)51-47;1-3-13-31-27(10-1)20-21-29-12-9-19-38(41(29)31)43-35-17-7-5-15-33(35)42(34-16-6-8-18-36(34)43)30-23-25-40-39(26-30)37-24-22-28-11-2-4-14-32(28)44(37)45-40;1-3-11-32-27(9-1)17-18-29-19-20-30(25-39(29)32)42-34-13-5-7-15-36(34)43(37-16-8-6-14-35(37)42)31-22-24-41-40(26-31)38-23-21-28-10-2-4-12-33(28)44(38)45-41/h1-30H;2*1-26H/i5D,6D,7D,8D,17D,18D,19D,20D;5D,6D,7D,8D,15D,16D,17D,18D;5D,6D,7D,8D,13D,14D,15D,16D. The fraction of sp³-hybridized carbons (Fsp3) is 0. The van der Waals surface area contributed by atoms with Crippen LogP contribution in [-0.4, -0.2) is 0 Å². The Labute approximate surface area is 843 Å². The van der Waals surface area contributed by atoms with Crippen molar-refractivity contribution in [3.05, 3.63) is 497 Å². The summed E-state index contributed by atoms with van der Waals surface area (Å²) in [5.74, 6) is 0. The second-order valence-electron chi connectivity index (χ2n) is 35.9. The van der Waals surface area contributed by atoms with E-state index in [-0.39, 0.29) is 137 Å². The first-order chi connectivity index (χ1) is 79.9. The highest BCUT2D eigenvalue weighted by Gasteiger charge is 2.26. The molecule has 0 aliphatic rings. The van der Waals surface area contributed by atoms with Crippen molar-refractivity contribution in [2.24, 2.45) is 0 Å². The molecule has 0 fully saturated rings. The summed E-state index contributed by atoms with van der Waals surface area (Å²) in [5, 5.41) is 24.8. The molecule has 3 aromatic heterocycles. The number of furan rings is 3. The molecule has 0 spiro atoms. The Morgan fingerprint density at radius 2 is 0.383 bits per heavy atom. The maximum atomic E-state index is 9.47. The smallest absolute Gasteiger partial charge is 0.143 e. The van der Waals surface area contributed by atoms with Gasteiger partial charge in [-0.2, -0.15) is 0 Å². The average molecular weight is 1810 g/mol. The Morgan fingerprint density at radius 3 is 0.780 bits per heavy atom. The lowest BCUT2D eigenvalue weighted by molar-refractivity contribution is 0.672. The van der Waals surface area contributed by atoms with Gasteiger partial charge in [-0.3, -0.25) is 0 Å². The van der Waals surface area contributed by atoms with Crippen LogP contribution in [0, 0.1) is 0 Å². The summed E-state index contributed by atoms with van der Waals surface area (Å²) in [7, 11) is 0. The molecule has 0 atom stereocenters. The zero-order valence-corrected chi connectivity index (χ0v) is 74.7. The van der Waals surface area contributed by atoms with Crippen LogP contribution in [0.4, 0.5) is 0 Å². The summed E-state index contributed by atoms with van der Waals surface area (Å²) in [6.45, 7) is 0. The number of hydrogen-bond donors (Lipinski definition) is 0. The molecule has 0 unspecified atom stereocenters. The predicted octanol–water partition coefficient (Wildman–Crippen LogP) is 39.7. The second-order valence-corrected chi connectivity index (χ2v) is 35.9. The van der Waals surface area contributed by atoms with Crippen molar-refractivity contribution in [1.82, 2.24) is 0 Å². The van der Waals surface area contributed by atoms with E-state index in [0.29, 0.717) is 100 Å². The summed E-state index contributed by atoms with van der Waals surface area (Å²) in [5.41, 5.74) is 11.0. The quantitative estimate of drug-likeness (QED) is 0.118. The molecule has 0 bridgehead atoms. The van der Waals surface area contributed by atoms with Crippen LogP contribution in [0.15, 0.2) is 510 Å². The molecule has 0 saturated carbocycles. The van der Waals surface area contributed by atoms with Crippen molar-refractivity contribution in [2.45, 2.75) is 0 Å². The van der Waals surface area contributed by atoms with Gasteiger partial charge in [0, 0.05) is 48.5 Å². The van der Waals surface area contributed by atoms with E-state index in [1.165, 1.54) is 0 Å². The molecule has 3 heterocycles. The predicted molar refractivity (Wildman–Crippen MR) is 602 cm³/mol. The molecule has 0 N–H and O–H groups in total. The monoisotopic (exact) mass is 1810 g/mol. The lowest BCUT2D eigenvalue weighted by Crippen LogP contribution is -1.92. The topological polar surface area (TPSA) is 39.4 Å². The summed E-state index contributed by atoms with van der Waals surface area (Å²) < 4.78 is 238. The largest absolute Gasteiger partial charge is 0.455 e. The molecule has 652 valence electrons. The van der Waals surface area contributed by atoms with Crippen LogP contribution in [0.1, 0.15) is 32.9 Å². The van der Waals surface area contributed by atoms with E-state index in [2.05, 4.69) is 30.3 Å². The number of rotatable bonds is 7. The van der Waals surface area contributed by atoms with Gasteiger partial charge in [0.15, 0.2) is 0 Å². The van der Waals surface area contributed by atoms with E-state index >= 15 is 0 Å². The Hall–Kier alpha value is -18.5. The van der Waals surface area contributed by atoms with Crippen molar-refractivity contribution in [3.8, 4) is 77.9 Å². The van der Waals surface area contributed by atoms with Crippen molar-refractivity contribution in [3.63, 3.8) is 0 Å². The van der Waals surface area contributed by atoms with Gasteiger partial charge in [0.1, 0.15) is 33.5 Å². The van der Waals surface area contributed by atoms with Crippen LogP contribution in [0.3, 0.4) is 0 Å². The van der Waals surface area contributed by atoms with Gasteiger partial charge >= 0.3 is 0 Å². The minimum absolute atomic E-state index is 0.170. The van der Waals surface area contributed by atoms with E-state index in [1.54, 1.807) is 18.2 Å². The zero-order valence-electron chi connectivity index (χ0n) is 98.7. The Morgan fingerprint density at radius 1 is 0.135 bits per heavy atom. The van der Waals surface area contributed by atoms with Crippen molar-refractivity contribution >= 4 is 227 Å². The molecule has 0 radical (unpaired) electrons. The minimum Gasteiger partial charge on any atom is -0.455 e. The molecular formula is C138H82O3. The highest BCUT2D eigenvalue weighted by Crippen LogP contribution is 2.53. The third kappa shape index (κ3) is 12.7. The Kier molecular flexibility index (Phi) is 13.5. The van der Waals surface area contributed by atoms with E-state index in [0.717, 1.165) is 140 Å². The number of hydrogen-bond acceptors (Lipinski definition) is 3. The van der Waals surface area contributed by atoms with Crippen LogP contribution >= 0.6 is 0 Å². The van der Waals surface area contributed by atoms with E-state index in [1.807, 2.05) is 303 Å². The molecule has 28 aromatic carbocycles. The van der Waals surface area contributed by atoms with Gasteiger partial charge in [-0.25, -0.2) is 0 Å². The summed E-state index contributed by atoms with van der Waals surface area (Å²) in [6, 6.07) is 106. The van der Waals surface area contributed by atoms with Gasteiger partial charge in [0.05, 0.1) is 32.9 Å². The van der Waals surface area contributed by atoms with E-state index < -0.39 is 72.5 Å². The maximum Gasteiger partial charge on any atom is 0.143 e. The van der Waals surface area contributed by atoms with Crippen molar-refractivity contribution < 1.29 is 46.1 Å². The van der Waals surface area contributed by atoms with Crippen molar-refractivity contribution in [2.75, 3.05) is 0 Å². The van der Waals surface area contributed by atoms with Crippen LogP contribution in [0.5, 0.6) is 0 Å². The fourth-order valence-corrected chi connectivity index (χ4v) is 22.1. The molecule has 0 amide bonds. The molecule has 0 saturated heterocycles. The normalized spacial score (nSPS) is 14.4. The van der Waals surface area contributed by atoms with Gasteiger partial charge in [-0.05, 0) is 290 Å². The first kappa shape index (κ1) is 59.4. The molecule has 0 aliphatic heterocycles. The minimum atomic E-state index is -0.437. The Bertz CT molecular complexity index is 12100. The molecule has 31 rings (SSSR count). The van der Waals surface area contributed by atoms with Gasteiger partial charge in [0.2, 0.25) is 0 Å². The van der Waals surface area contributed by atoms with Crippen LogP contribution in [0.25, 0.3) is 305 Å². The van der Waals surface area contributed by atoms with Gasteiger partial charge < -0.3 is 13.3 Å². The first-order valence-electron chi connectivity index (χ1n) is 58.7. The average Bonchev–Trinajstić information content (AvgIpc) is 0.885. The first-order valence-corrected chi connectivity index (χ1v) is 46.7. The van der Waals surface area contributed by atoms with Gasteiger partial charge in [0.25, 0.3) is 0 Å². The van der Waals surface area contributed by atoms with E-state index in [4.69, 9.17) is 29.7 Å². The third-order valence-corrected chi connectivity index (χ3v) is 28.4. The van der Waals surface area contributed by atoms with Gasteiger partial charge in [-0.1, -0.05) is 430 Å². The molecular weight excluding hydrogens is 1710 g/mol. The second kappa shape index (κ2) is 32.1. The summed E-state index contributed by atoms with van der Waals surface area (Å²) in [6.07, 6.45) is 0. The van der Waals surface area contributed by atoms with Crippen LogP contribution in [-0.2, 0) is 0 Å². The molecule has 3 heteroatoms. The molecule has 0 aliphatic carbocycles. The summed E-state index contributed by atoms with van der Waals surface area (Å²) >= 11 is 0. The zero-order chi connectivity index (χ0) is 113. The lowest BCUT2D eigenvalue weighted by Gasteiger charge is -2.19. The Balaban J connectivity index is 0.000000113.